The Labute approximate surface area is 80.5 Å². The van der Waals surface area contributed by atoms with Gasteiger partial charge in [-0.15, -0.1) is 0 Å². The molecule has 1 rings (SSSR count). The fourth-order valence-electron chi connectivity index (χ4n) is 2.26. The van der Waals surface area contributed by atoms with Gasteiger partial charge in [-0.05, 0) is 41.7 Å². The molecule has 1 fully saturated rings. The molecule has 1 heterocycles. The van der Waals surface area contributed by atoms with Crippen molar-refractivity contribution in [2.45, 2.75) is 27.2 Å². The van der Waals surface area contributed by atoms with Gasteiger partial charge >= 0.3 is 0 Å². The standard InChI is InChI=1S/C10H21NS/c1-8(6-11)9-4-5-12-7-10(9,2)3/h8-9H,4-7,11H2,1-3H3. The van der Waals surface area contributed by atoms with Crippen molar-refractivity contribution in [3.05, 3.63) is 0 Å². The molecule has 1 nitrogen and oxygen atoms in total. The summed E-state index contributed by atoms with van der Waals surface area (Å²) < 4.78 is 0. The van der Waals surface area contributed by atoms with E-state index in [-0.39, 0.29) is 0 Å². The van der Waals surface area contributed by atoms with Crippen LogP contribution in [0.3, 0.4) is 0 Å². The number of nitrogens with two attached hydrogens (primary N) is 1. The molecule has 0 aliphatic carbocycles. The molecule has 2 N–H and O–H groups in total. The molecule has 0 aromatic rings. The van der Waals surface area contributed by atoms with E-state index in [9.17, 15) is 0 Å². The van der Waals surface area contributed by atoms with Gasteiger partial charge in [0, 0.05) is 0 Å². The van der Waals surface area contributed by atoms with Crippen LogP contribution in [0.4, 0.5) is 0 Å². The molecule has 2 unspecified atom stereocenters. The minimum atomic E-state index is 0.502. The molecule has 0 saturated carbocycles. The van der Waals surface area contributed by atoms with Crippen molar-refractivity contribution < 1.29 is 0 Å². The average molecular weight is 187 g/mol. The van der Waals surface area contributed by atoms with Crippen molar-refractivity contribution in [3.8, 4) is 0 Å². The van der Waals surface area contributed by atoms with Crippen molar-refractivity contribution in [1.29, 1.82) is 0 Å². The summed E-state index contributed by atoms with van der Waals surface area (Å²) >= 11 is 2.09. The number of hydrogen-bond donors (Lipinski definition) is 1. The van der Waals surface area contributed by atoms with E-state index in [4.69, 9.17) is 5.73 Å². The number of thioether (sulfide) groups is 1. The topological polar surface area (TPSA) is 26.0 Å². The first-order chi connectivity index (χ1) is 5.58. The summed E-state index contributed by atoms with van der Waals surface area (Å²) in [6.07, 6.45) is 1.36. The maximum Gasteiger partial charge on any atom is -0.00133 e. The lowest BCUT2D eigenvalue weighted by Gasteiger charge is -2.41. The van der Waals surface area contributed by atoms with Crippen molar-refractivity contribution in [3.63, 3.8) is 0 Å². The van der Waals surface area contributed by atoms with E-state index in [0.29, 0.717) is 11.3 Å². The van der Waals surface area contributed by atoms with Crippen molar-refractivity contribution in [1.82, 2.24) is 0 Å². The van der Waals surface area contributed by atoms with Crippen LogP contribution in [0.1, 0.15) is 27.2 Å². The second-order valence-electron chi connectivity index (χ2n) is 4.65. The van der Waals surface area contributed by atoms with E-state index in [1.54, 1.807) is 0 Å². The summed E-state index contributed by atoms with van der Waals surface area (Å²) in [5.41, 5.74) is 6.22. The number of rotatable bonds is 2. The van der Waals surface area contributed by atoms with Gasteiger partial charge in [0.15, 0.2) is 0 Å². The molecule has 12 heavy (non-hydrogen) atoms. The van der Waals surface area contributed by atoms with Crippen LogP contribution >= 0.6 is 11.8 Å². The highest BCUT2D eigenvalue weighted by Gasteiger charge is 2.35. The molecule has 1 aliphatic rings. The Bertz CT molecular complexity index is 145. The Morgan fingerprint density at radius 2 is 2.25 bits per heavy atom. The zero-order valence-corrected chi connectivity index (χ0v) is 9.29. The van der Waals surface area contributed by atoms with Crippen LogP contribution in [0.15, 0.2) is 0 Å². The average Bonchev–Trinajstić information content (AvgIpc) is 2.02. The molecular formula is C10H21NS. The lowest BCUT2D eigenvalue weighted by molar-refractivity contribution is 0.166. The zero-order chi connectivity index (χ0) is 9.19. The third-order valence-electron chi connectivity index (χ3n) is 3.11. The normalized spacial score (nSPS) is 31.5. The van der Waals surface area contributed by atoms with Crippen molar-refractivity contribution >= 4 is 11.8 Å². The minimum absolute atomic E-state index is 0.502. The highest BCUT2D eigenvalue weighted by atomic mass is 32.2. The van der Waals surface area contributed by atoms with Gasteiger partial charge in [-0.1, -0.05) is 20.8 Å². The third-order valence-corrected chi connectivity index (χ3v) is 4.58. The summed E-state index contributed by atoms with van der Waals surface area (Å²) in [5.74, 6) is 4.17. The van der Waals surface area contributed by atoms with Crippen LogP contribution in [0.5, 0.6) is 0 Å². The Morgan fingerprint density at radius 3 is 2.75 bits per heavy atom. The van der Waals surface area contributed by atoms with Gasteiger partial charge in [0.1, 0.15) is 0 Å². The lowest BCUT2D eigenvalue weighted by atomic mass is 9.72. The predicted molar refractivity (Wildman–Crippen MR) is 57.4 cm³/mol. The fourth-order valence-corrected chi connectivity index (χ4v) is 3.57. The maximum atomic E-state index is 5.72. The molecule has 0 radical (unpaired) electrons. The third kappa shape index (κ3) is 2.17. The van der Waals surface area contributed by atoms with Gasteiger partial charge in [0.2, 0.25) is 0 Å². The molecule has 0 spiro atoms. The molecule has 0 amide bonds. The summed E-state index contributed by atoms with van der Waals surface area (Å²) in [7, 11) is 0. The van der Waals surface area contributed by atoms with E-state index in [1.807, 2.05) is 0 Å². The molecule has 2 heteroatoms. The van der Waals surface area contributed by atoms with Crippen LogP contribution in [0.2, 0.25) is 0 Å². The number of hydrogen-bond acceptors (Lipinski definition) is 2. The minimum Gasteiger partial charge on any atom is -0.330 e. The van der Waals surface area contributed by atoms with Gasteiger partial charge < -0.3 is 5.73 Å². The maximum absolute atomic E-state index is 5.72. The SMILES string of the molecule is CC(CN)C1CCSCC1(C)C. The van der Waals surface area contributed by atoms with Gasteiger partial charge in [-0.3, -0.25) is 0 Å². The van der Waals surface area contributed by atoms with Crippen LogP contribution in [-0.4, -0.2) is 18.1 Å². The van der Waals surface area contributed by atoms with Crippen LogP contribution in [0, 0.1) is 17.3 Å². The van der Waals surface area contributed by atoms with Crippen molar-refractivity contribution in [2.24, 2.45) is 23.0 Å². The van der Waals surface area contributed by atoms with E-state index >= 15 is 0 Å². The monoisotopic (exact) mass is 187 g/mol. The van der Waals surface area contributed by atoms with Gasteiger partial charge in [-0.2, -0.15) is 11.8 Å². The van der Waals surface area contributed by atoms with E-state index in [2.05, 4.69) is 32.5 Å². The summed E-state index contributed by atoms with van der Waals surface area (Å²) in [4.78, 5) is 0. The van der Waals surface area contributed by atoms with Crippen LogP contribution < -0.4 is 5.73 Å². The Balaban J connectivity index is 2.59. The molecule has 0 bridgehead atoms. The smallest absolute Gasteiger partial charge is 0.00133 e. The first kappa shape index (κ1) is 10.4. The molecule has 0 aromatic heterocycles. The van der Waals surface area contributed by atoms with E-state index in [0.717, 1.165) is 12.5 Å². The molecule has 1 saturated heterocycles. The van der Waals surface area contributed by atoms with E-state index < -0.39 is 0 Å². The van der Waals surface area contributed by atoms with Gasteiger partial charge in [0.05, 0.1) is 0 Å². The molecule has 72 valence electrons. The highest BCUT2D eigenvalue weighted by Crippen LogP contribution is 2.42. The quantitative estimate of drug-likeness (QED) is 0.718. The predicted octanol–water partition coefficient (Wildman–Crippen LogP) is 2.36. The largest absolute Gasteiger partial charge is 0.330 e. The summed E-state index contributed by atoms with van der Waals surface area (Å²) in [5, 5.41) is 0. The Hall–Kier alpha value is 0.310. The summed E-state index contributed by atoms with van der Waals surface area (Å²) in [6, 6.07) is 0. The van der Waals surface area contributed by atoms with E-state index in [1.165, 1.54) is 17.9 Å². The Morgan fingerprint density at radius 1 is 1.58 bits per heavy atom. The van der Waals surface area contributed by atoms with Crippen LogP contribution in [0.25, 0.3) is 0 Å². The first-order valence-corrected chi connectivity index (χ1v) is 6.01. The Kier molecular flexibility index (Phi) is 3.47. The van der Waals surface area contributed by atoms with Crippen molar-refractivity contribution in [2.75, 3.05) is 18.1 Å². The fraction of sp³-hybridized carbons (Fsp3) is 1.00. The molecule has 2 atom stereocenters. The molecular weight excluding hydrogens is 166 g/mol. The van der Waals surface area contributed by atoms with Gasteiger partial charge in [-0.25, -0.2) is 0 Å². The zero-order valence-electron chi connectivity index (χ0n) is 8.47. The lowest BCUT2D eigenvalue weighted by Crippen LogP contribution is -2.38. The summed E-state index contributed by atoms with van der Waals surface area (Å²) in [6.45, 7) is 7.91. The molecule has 0 aromatic carbocycles. The molecule has 1 aliphatic heterocycles. The second kappa shape index (κ2) is 4.01. The van der Waals surface area contributed by atoms with Crippen LogP contribution in [-0.2, 0) is 0 Å². The first-order valence-electron chi connectivity index (χ1n) is 4.86. The van der Waals surface area contributed by atoms with Gasteiger partial charge in [0.25, 0.3) is 0 Å². The second-order valence-corrected chi connectivity index (χ2v) is 5.75. The highest BCUT2D eigenvalue weighted by molar-refractivity contribution is 7.99.